The van der Waals surface area contributed by atoms with Gasteiger partial charge in [0.2, 0.25) is 5.69 Å². The molecule has 0 aliphatic carbocycles. The molecule has 2 heterocycles. The number of carbonyl (C=O) groups is 1. The van der Waals surface area contributed by atoms with Crippen molar-refractivity contribution in [2.24, 2.45) is 0 Å². The van der Waals surface area contributed by atoms with Crippen LogP contribution in [0.3, 0.4) is 0 Å². The van der Waals surface area contributed by atoms with Gasteiger partial charge in [-0.15, -0.1) is 0 Å². The number of unbranched alkanes of at least 4 members (excludes halogenated alkanes) is 2. The summed E-state index contributed by atoms with van der Waals surface area (Å²) < 4.78 is 77.6. The Balaban J connectivity index is 1.35. The molecule has 0 saturated heterocycles. The molecule has 13 heteroatoms. The van der Waals surface area contributed by atoms with Crippen LogP contribution in [0.1, 0.15) is 70.9 Å². The van der Waals surface area contributed by atoms with E-state index in [1.165, 1.54) is 39.9 Å². The van der Waals surface area contributed by atoms with E-state index < -0.39 is 41.4 Å². The average molecular weight is 828 g/mol. The van der Waals surface area contributed by atoms with Gasteiger partial charge in [0, 0.05) is 66.6 Å². The summed E-state index contributed by atoms with van der Waals surface area (Å²) in [4.78, 5) is 11.9. The Morgan fingerprint density at radius 2 is 1.55 bits per heavy atom. The number of carboxylic acid groups (broad SMARTS) is 1. The molecular formula is C45H51N2O9S2+. The van der Waals surface area contributed by atoms with Gasteiger partial charge in [-0.05, 0) is 85.2 Å². The molecular weight excluding hydrogens is 777 g/mol. The van der Waals surface area contributed by atoms with Gasteiger partial charge in [0.05, 0.1) is 10.3 Å². The van der Waals surface area contributed by atoms with Crippen LogP contribution in [0.4, 0.5) is 11.4 Å². The molecule has 0 fully saturated rings. The molecule has 11 nitrogen and oxygen atoms in total. The number of carboxylic acids is 1. The highest BCUT2D eigenvalue weighted by molar-refractivity contribution is 7.86. The average Bonchev–Trinajstić information content (AvgIpc) is 3.54. The third kappa shape index (κ3) is 8.19. The van der Waals surface area contributed by atoms with E-state index in [1.807, 2.05) is 50.3 Å². The number of hydrogen-bond acceptors (Lipinski definition) is 7. The predicted octanol–water partition coefficient (Wildman–Crippen LogP) is 8.89. The SMILES string of the molecule is CC[N+]1=C(/C=C/C=C/C=C/C=C2/N(CCCCCC(=O)O)c3ccc4c(S(=O)(=O)O)cc(S(=O)(=O)O)cc4c3C2(C)C)C(C)(CCOC)c2c1ccc1ccccc21. The van der Waals surface area contributed by atoms with Gasteiger partial charge in [-0.25, -0.2) is 0 Å². The lowest BCUT2D eigenvalue weighted by molar-refractivity contribution is -0.433. The number of ether oxygens (including phenoxy) is 1. The molecule has 1 unspecified atom stereocenters. The number of nitrogens with zero attached hydrogens (tertiary/aromatic N) is 2. The fourth-order valence-electron chi connectivity index (χ4n) is 8.75. The maximum atomic E-state index is 12.5. The normalized spacial score (nSPS) is 18.9. The molecule has 58 heavy (non-hydrogen) atoms. The van der Waals surface area contributed by atoms with Gasteiger partial charge in [-0.3, -0.25) is 13.9 Å². The Bertz CT molecular complexity index is 2660. The van der Waals surface area contributed by atoms with Crippen molar-refractivity contribution in [3.63, 3.8) is 0 Å². The van der Waals surface area contributed by atoms with Crippen LogP contribution in [0.2, 0.25) is 0 Å². The predicted molar refractivity (Wildman–Crippen MR) is 229 cm³/mol. The second-order valence-electron chi connectivity index (χ2n) is 15.5. The zero-order valence-electron chi connectivity index (χ0n) is 33.5. The highest BCUT2D eigenvalue weighted by atomic mass is 32.2. The van der Waals surface area contributed by atoms with Crippen molar-refractivity contribution in [2.75, 3.05) is 31.7 Å². The lowest BCUT2D eigenvalue weighted by atomic mass is 9.75. The standard InChI is InChI=1S/C45H50N2O9S2/c1-6-46-37-24-22-31-17-14-15-18-33(31)43(37)45(4,26-28-56-5)40(46)20-12-9-7-8-11-19-39-44(2,3)42-35-29-32(57(50,51)52)30-38(58(53,54)55)34(35)23-25-36(42)47(39)27-16-10-13-21-41(48)49/h7-9,11-12,14-15,17-20,22-25,29-30H,6,10,13,16,21,26-28H2,1-5H3,(H2-,48,49,50,51,52,53,54,55)/p+1. The second-order valence-corrected chi connectivity index (χ2v) is 18.3. The van der Waals surface area contributed by atoms with Crippen LogP contribution in [-0.2, 0) is 40.6 Å². The van der Waals surface area contributed by atoms with Crippen LogP contribution in [-0.4, -0.2) is 74.1 Å². The van der Waals surface area contributed by atoms with E-state index in [0.29, 0.717) is 43.7 Å². The molecule has 0 spiro atoms. The largest absolute Gasteiger partial charge is 0.481 e. The van der Waals surface area contributed by atoms with Gasteiger partial charge in [-0.2, -0.15) is 21.4 Å². The smallest absolute Gasteiger partial charge is 0.303 e. The highest BCUT2D eigenvalue weighted by Gasteiger charge is 2.48. The van der Waals surface area contributed by atoms with Crippen molar-refractivity contribution < 1.29 is 45.2 Å². The maximum absolute atomic E-state index is 12.5. The molecule has 4 aromatic carbocycles. The number of aliphatic carboxylic acids is 1. The molecule has 6 rings (SSSR count). The van der Waals surface area contributed by atoms with Crippen LogP contribution in [0, 0.1) is 0 Å². The Kier molecular flexibility index (Phi) is 12.3. The molecule has 2 aliphatic heterocycles. The Morgan fingerprint density at radius 3 is 2.24 bits per heavy atom. The summed E-state index contributed by atoms with van der Waals surface area (Å²) in [6.45, 7) is 10.3. The van der Waals surface area contributed by atoms with E-state index in [1.54, 1.807) is 13.2 Å². The summed E-state index contributed by atoms with van der Waals surface area (Å²) in [5.74, 6) is -0.861. The minimum Gasteiger partial charge on any atom is -0.481 e. The first-order valence-electron chi connectivity index (χ1n) is 19.4. The van der Waals surface area contributed by atoms with Crippen LogP contribution in [0.5, 0.6) is 0 Å². The number of hydrogen-bond donors (Lipinski definition) is 3. The van der Waals surface area contributed by atoms with Crippen molar-refractivity contribution in [1.29, 1.82) is 0 Å². The molecule has 4 aromatic rings. The minimum atomic E-state index is -4.88. The summed E-state index contributed by atoms with van der Waals surface area (Å²) in [5, 5.41) is 12.0. The summed E-state index contributed by atoms with van der Waals surface area (Å²) in [7, 11) is -7.99. The van der Waals surface area contributed by atoms with E-state index in [9.17, 15) is 30.7 Å². The molecule has 0 saturated carbocycles. The maximum Gasteiger partial charge on any atom is 0.303 e. The van der Waals surface area contributed by atoms with E-state index in [0.717, 1.165) is 24.7 Å². The lowest BCUT2D eigenvalue weighted by Gasteiger charge is -2.27. The molecule has 1 atom stereocenters. The van der Waals surface area contributed by atoms with E-state index in [2.05, 4.69) is 65.8 Å². The van der Waals surface area contributed by atoms with Gasteiger partial charge in [0.1, 0.15) is 11.4 Å². The molecule has 306 valence electrons. The number of rotatable bonds is 16. The van der Waals surface area contributed by atoms with Gasteiger partial charge >= 0.3 is 5.97 Å². The number of methoxy groups -OCH3 is 1. The molecule has 0 bridgehead atoms. The van der Waals surface area contributed by atoms with E-state index in [-0.39, 0.29) is 22.6 Å². The quantitative estimate of drug-likeness (QED) is 0.0431. The van der Waals surface area contributed by atoms with Gasteiger partial charge in [-0.1, -0.05) is 81.0 Å². The first-order chi connectivity index (χ1) is 27.4. The topological polar surface area (TPSA) is 162 Å². The van der Waals surface area contributed by atoms with Crippen molar-refractivity contribution in [2.45, 2.75) is 80.4 Å². The van der Waals surface area contributed by atoms with Crippen molar-refractivity contribution in [3.8, 4) is 0 Å². The first kappa shape index (κ1) is 42.7. The fourth-order valence-corrected chi connectivity index (χ4v) is 10.1. The van der Waals surface area contributed by atoms with Gasteiger partial charge < -0.3 is 14.7 Å². The van der Waals surface area contributed by atoms with E-state index >= 15 is 0 Å². The number of anilines is 1. The number of allylic oxidation sites excluding steroid dienone is 8. The lowest BCUT2D eigenvalue weighted by Crippen LogP contribution is -2.32. The molecule has 0 aromatic heterocycles. The van der Waals surface area contributed by atoms with Crippen molar-refractivity contribution >= 4 is 64.8 Å². The Morgan fingerprint density at radius 1 is 0.828 bits per heavy atom. The summed E-state index contributed by atoms with van der Waals surface area (Å²) in [6.07, 6.45) is 16.6. The molecule has 0 amide bonds. The Labute approximate surface area is 340 Å². The summed E-state index contributed by atoms with van der Waals surface area (Å²) in [5.41, 5.74) is 4.82. The summed E-state index contributed by atoms with van der Waals surface area (Å²) in [6, 6.07) is 18.2. The fraction of sp³-hybridized carbons (Fsp3) is 0.333. The van der Waals surface area contributed by atoms with Crippen LogP contribution in [0.15, 0.2) is 119 Å². The zero-order valence-corrected chi connectivity index (χ0v) is 35.1. The second kappa shape index (κ2) is 16.7. The highest BCUT2D eigenvalue weighted by Crippen LogP contribution is 2.52. The summed E-state index contributed by atoms with van der Waals surface area (Å²) >= 11 is 0. The monoisotopic (exact) mass is 827 g/mol. The first-order valence-corrected chi connectivity index (χ1v) is 22.3. The minimum absolute atomic E-state index is 0.0573. The van der Waals surface area contributed by atoms with Crippen molar-refractivity contribution in [3.05, 3.63) is 120 Å². The third-order valence-corrected chi connectivity index (χ3v) is 13.1. The van der Waals surface area contributed by atoms with E-state index in [4.69, 9.17) is 9.84 Å². The van der Waals surface area contributed by atoms with Gasteiger partial charge in [0.25, 0.3) is 20.2 Å². The molecule has 0 radical (unpaired) electrons. The number of fused-ring (bicyclic) bond motifs is 6. The van der Waals surface area contributed by atoms with Gasteiger partial charge in [0.15, 0.2) is 5.71 Å². The van der Waals surface area contributed by atoms with Crippen LogP contribution >= 0.6 is 0 Å². The van der Waals surface area contributed by atoms with Crippen LogP contribution < -0.4 is 4.90 Å². The zero-order chi connectivity index (χ0) is 42.0. The van der Waals surface area contributed by atoms with Crippen molar-refractivity contribution in [1.82, 2.24) is 0 Å². The third-order valence-electron chi connectivity index (χ3n) is 11.4. The molecule has 3 N–H and O–H groups in total. The molecule has 2 aliphatic rings. The van der Waals surface area contributed by atoms with Crippen LogP contribution in [0.25, 0.3) is 21.5 Å². The number of benzene rings is 4. The Hall–Kier alpha value is -4.92.